The number of hydrogen-bond acceptors (Lipinski definition) is 4. The predicted molar refractivity (Wildman–Crippen MR) is 70.6 cm³/mol. The molecule has 1 unspecified atom stereocenters. The van der Waals surface area contributed by atoms with Gasteiger partial charge in [-0.1, -0.05) is 12.1 Å². The molecule has 0 aliphatic carbocycles. The van der Waals surface area contributed by atoms with Crippen LogP contribution in [0.1, 0.15) is 6.92 Å². The molecule has 96 valence electrons. The van der Waals surface area contributed by atoms with Gasteiger partial charge in [0.05, 0.1) is 7.11 Å². The highest BCUT2D eigenvalue weighted by molar-refractivity contribution is 5.95. The van der Waals surface area contributed by atoms with Crippen molar-refractivity contribution in [3.8, 4) is 23.3 Å². The molecular weight excluding hydrogens is 242 g/mol. The van der Waals surface area contributed by atoms with Crippen LogP contribution >= 0.6 is 0 Å². The van der Waals surface area contributed by atoms with Gasteiger partial charge in [-0.05, 0) is 25.1 Å². The first-order valence-electron chi connectivity index (χ1n) is 6.00. The highest BCUT2D eigenvalue weighted by atomic mass is 16.6. The van der Waals surface area contributed by atoms with Gasteiger partial charge in [0.25, 0.3) is 0 Å². The summed E-state index contributed by atoms with van der Waals surface area (Å²) in [5.41, 5.74) is -0.954. The van der Waals surface area contributed by atoms with Crippen LogP contribution in [0.15, 0.2) is 30.3 Å². The van der Waals surface area contributed by atoms with Crippen LogP contribution in [0, 0.1) is 11.3 Å². The monoisotopic (exact) mass is 255 g/mol. The summed E-state index contributed by atoms with van der Waals surface area (Å²) in [5.74, 6) is 2.04. The molecule has 1 heterocycles. The third-order valence-electron chi connectivity index (χ3n) is 3.22. The van der Waals surface area contributed by atoms with Crippen LogP contribution in [0.3, 0.4) is 0 Å². The van der Waals surface area contributed by atoms with E-state index < -0.39 is 5.60 Å². The summed E-state index contributed by atoms with van der Waals surface area (Å²) in [6.07, 6.45) is 0. The average Bonchev–Trinajstić information content (AvgIpc) is 2.46. The van der Waals surface area contributed by atoms with E-state index in [2.05, 4.69) is 6.07 Å². The normalized spacial score (nSPS) is 20.9. The minimum absolute atomic E-state index is 0.228. The predicted octanol–water partition coefficient (Wildman–Crippen LogP) is 2.90. The fourth-order valence-electron chi connectivity index (χ4n) is 2.20. The Morgan fingerprint density at radius 1 is 1.26 bits per heavy atom. The van der Waals surface area contributed by atoms with E-state index in [1.165, 1.54) is 0 Å². The molecule has 1 aliphatic rings. The van der Waals surface area contributed by atoms with Crippen LogP contribution in [0.2, 0.25) is 0 Å². The lowest BCUT2D eigenvalue weighted by Gasteiger charge is -2.30. The number of nitriles is 1. The molecule has 4 nitrogen and oxygen atoms in total. The zero-order chi connectivity index (χ0) is 13.5. The second-order valence-corrected chi connectivity index (χ2v) is 4.68. The first kappa shape index (κ1) is 11.7. The maximum Gasteiger partial charge on any atom is 0.225 e. The summed E-state index contributed by atoms with van der Waals surface area (Å²) in [6.45, 7) is 1.95. The van der Waals surface area contributed by atoms with Crippen molar-refractivity contribution in [1.29, 1.82) is 5.26 Å². The molecule has 0 radical (unpaired) electrons. The Bertz CT molecular complexity index is 690. The maximum atomic E-state index is 9.17. The fourth-order valence-corrected chi connectivity index (χ4v) is 2.20. The summed E-state index contributed by atoms with van der Waals surface area (Å²) in [7, 11) is 1.63. The Morgan fingerprint density at radius 2 is 2.11 bits per heavy atom. The van der Waals surface area contributed by atoms with Crippen LogP contribution in [-0.4, -0.2) is 19.3 Å². The van der Waals surface area contributed by atoms with Crippen LogP contribution < -0.4 is 14.2 Å². The minimum Gasteiger partial charge on any atom is -0.496 e. The standard InChI is InChI=1S/C15H13NO3/c1-15(8-16)9-18-13-7-6-10-11(14(13)19-15)4-3-5-12(10)17-2/h3-7H,9H2,1-2H3. The van der Waals surface area contributed by atoms with Gasteiger partial charge in [0.2, 0.25) is 5.60 Å². The lowest BCUT2D eigenvalue weighted by molar-refractivity contribution is 0.0522. The molecule has 2 aromatic carbocycles. The van der Waals surface area contributed by atoms with Gasteiger partial charge in [-0.25, -0.2) is 0 Å². The van der Waals surface area contributed by atoms with E-state index in [0.29, 0.717) is 11.5 Å². The van der Waals surface area contributed by atoms with Crippen LogP contribution in [-0.2, 0) is 0 Å². The van der Waals surface area contributed by atoms with Crippen LogP contribution in [0.4, 0.5) is 0 Å². The van der Waals surface area contributed by atoms with E-state index in [1.54, 1.807) is 14.0 Å². The third kappa shape index (κ3) is 1.75. The first-order chi connectivity index (χ1) is 9.17. The van der Waals surface area contributed by atoms with Gasteiger partial charge in [-0.3, -0.25) is 0 Å². The van der Waals surface area contributed by atoms with Crippen molar-refractivity contribution in [2.45, 2.75) is 12.5 Å². The van der Waals surface area contributed by atoms with Crippen molar-refractivity contribution in [3.63, 3.8) is 0 Å². The molecule has 3 rings (SSSR count). The number of benzene rings is 2. The number of methoxy groups -OCH3 is 1. The maximum absolute atomic E-state index is 9.17. The Kier molecular flexibility index (Phi) is 2.49. The Hall–Kier alpha value is -2.41. The van der Waals surface area contributed by atoms with Gasteiger partial charge in [0.15, 0.2) is 11.5 Å². The smallest absolute Gasteiger partial charge is 0.225 e. The quantitative estimate of drug-likeness (QED) is 0.786. The van der Waals surface area contributed by atoms with Gasteiger partial charge >= 0.3 is 0 Å². The van der Waals surface area contributed by atoms with E-state index in [0.717, 1.165) is 16.5 Å². The van der Waals surface area contributed by atoms with Crippen molar-refractivity contribution in [2.24, 2.45) is 0 Å². The van der Waals surface area contributed by atoms with Gasteiger partial charge < -0.3 is 14.2 Å². The largest absolute Gasteiger partial charge is 0.496 e. The lowest BCUT2D eigenvalue weighted by atomic mass is 10.0. The molecule has 2 aromatic rings. The average molecular weight is 255 g/mol. The molecule has 0 amide bonds. The summed E-state index contributed by atoms with van der Waals surface area (Å²) in [6, 6.07) is 11.6. The van der Waals surface area contributed by atoms with Gasteiger partial charge in [0, 0.05) is 10.8 Å². The minimum atomic E-state index is -0.954. The third-order valence-corrected chi connectivity index (χ3v) is 3.22. The molecule has 0 aromatic heterocycles. The number of nitrogens with zero attached hydrogens (tertiary/aromatic N) is 1. The Balaban J connectivity index is 2.24. The van der Waals surface area contributed by atoms with Crippen molar-refractivity contribution in [1.82, 2.24) is 0 Å². The van der Waals surface area contributed by atoms with E-state index in [9.17, 15) is 0 Å². The van der Waals surface area contributed by atoms with Crippen LogP contribution in [0.25, 0.3) is 10.8 Å². The Morgan fingerprint density at radius 3 is 2.84 bits per heavy atom. The van der Waals surface area contributed by atoms with E-state index >= 15 is 0 Å². The first-order valence-corrected chi connectivity index (χ1v) is 6.00. The van der Waals surface area contributed by atoms with Crippen molar-refractivity contribution >= 4 is 10.8 Å². The topological polar surface area (TPSA) is 51.5 Å². The molecule has 1 aliphatic heterocycles. The van der Waals surface area contributed by atoms with Crippen molar-refractivity contribution in [3.05, 3.63) is 30.3 Å². The summed E-state index contributed by atoms with van der Waals surface area (Å²) >= 11 is 0. The van der Waals surface area contributed by atoms with Gasteiger partial charge in [-0.15, -0.1) is 0 Å². The summed E-state index contributed by atoms with van der Waals surface area (Å²) < 4.78 is 16.8. The zero-order valence-corrected chi connectivity index (χ0v) is 10.8. The lowest BCUT2D eigenvalue weighted by Crippen LogP contribution is -2.40. The number of ether oxygens (including phenoxy) is 3. The fraction of sp³-hybridized carbons (Fsp3) is 0.267. The molecule has 0 bridgehead atoms. The number of fused-ring (bicyclic) bond motifs is 3. The van der Waals surface area contributed by atoms with E-state index in [4.69, 9.17) is 19.5 Å². The molecule has 0 fully saturated rings. The highest BCUT2D eigenvalue weighted by Crippen LogP contribution is 2.43. The molecule has 0 spiro atoms. The molecule has 0 saturated carbocycles. The molecule has 19 heavy (non-hydrogen) atoms. The highest BCUT2D eigenvalue weighted by Gasteiger charge is 2.34. The van der Waals surface area contributed by atoms with Crippen molar-refractivity contribution < 1.29 is 14.2 Å². The Labute approximate surface area is 111 Å². The SMILES string of the molecule is COc1cccc2c3c(ccc12)OCC(C)(C#N)O3. The molecular formula is C15H13NO3. The second-order valence-electron chi connectivity index (χ2n) is 4.68. The summed E-state index contributed by atoms with van der Waals surface area (Å²) in [4.78, 5) is 0. The summed E-state index contributed by atoms with van der Waals surface area (Å²) in [5, 5.41) is 11.0. The molecule has 0 saturated heterocycles. The molecule has 4 heteroatoms. The van der Waals surface area contributed by atoms with E-state index in [1.807, 2.05) is 30.3 Å². The van der Waals surface area contributed by atoms with Crippen molar-refractivity contribution in [2.75, 3.05) is 13.7 Å². The zero-order valence-electron chi connectivity index (χ0n) is 10.8. The molecule has 0 N–H and O–H groups in total. The van der Waals surface area contributed by atoms with Crippen LogP contribution in [0.5, 0.6) is 17.2 Å². The van der Waals surface area contributed by atoms with E-state index in [-0.39, 0.29) is 6.61 Å². The number of rotatable bonds is 1. The number of hydrogen-bond donors (Lipinski definition) is 0. The molecule has 1 atom stereocenters. The second kappa shape index (κ2) is 4.06. The van der Waals surface area contributed by atoms with Gasteiger partial charge in [0.1, 0.15) is 18.4 Å². The van der Waals surface area contributed by atoms with Gasteiger partial charge in [-0.2, -0.15) is 5.26 Å².